The molecular weight excluding hydrogens is 240 g/mol. The van der Waals surface area contributed by atoms with Crippen LogP contribution in [0.4, 0.5) is 4.79 Å². The van der Waals surface area contributed by atoms with Crippen molar-refractivity contribution in [1.29, 1.82) is 0 Å². The fourth-order valence-corrected chi connectivity index (χ4v) is 3.94. The van der Waals surface area contributed by atoms with Gasteiger partial charge in [0.25, 0.3) is 0 Å². The summed E-state index contributed by atoms with van der Waals surface area (Å²) in [6, 6.07) is 0.538. The average molecular weight is 266 g/mol. The zero-order chi connectivity index (χ0) is 13.6. The van der Waals surface area contributed by atoms with Gasteiger partial charge < -0.3 is 15.4 Å². The van der Waals surface area contributed by atoms with Crippen LogP contribution in [-0.2, 0) is 4.74 Å². The van der Waals surface area contributed by atoms with Crippen LogP contribution in [-0.4, -0.2) is 30.8 Å². The molecule has 0 aromatic heterocycles. The van der Waals surface area contributed by atoms with Crippen LogP contribution in [0.1, 0.15) is 46.5 Å². The Labute approximate surface area is 115 Å². The molecule has 1 saturated heterocycles. The summed E-state index contributed by atoms with van der Waals surface area (Å²) in [5, 5.41) is 6.25. The normalized spacial score (nSPS) is 37.1. The first-order chi connectivity index (χ1) is 8.98. The van der Waals surface area contributed by atoms with Gasteiger partial charge in [-0.25, -0.2) is 4.79 Å². The van der Waals surface area contributed by atoms with E-state index in [9.17, 15) is 4.79 Å². The van der Waals surface area contributed by atoms with Gasteiger partial charge in [0.2, 0.25) is 0 Å². The fraction of sp³-hybridized carbons (Fsp3) is 0.933. The van der Waals surface area contributed by atoms with E-state index in [-0.39, 0.29) is 23.5 Å². The second kappa shape index (κ2) is 4.65. The van der Waals surface area contributed by atoms with Crippen LogP contribution in [0.25, 0.3) is 0 Å². The topological polar surface area (TPSA) is 50.4 Å². The third-order valence-electron chi connectivity index (χ3n) is 5.15. The Morgan fingerprint density at radius 3 is 2.79 bits per heavy atom. The molecule has 2 aliphatic carbocycles. The van der Waals surface area contributed by atoms with E-state index in [2.05, 4.69) is 31.4 Å². The molecule has 0 aromatic carbocycles. The first kappa shape index (κ1) is 13.2. The SMILES string of the molecule is C[C@H](CC1CC1)NC(=O)N[C@@H]1[C@@H]2CCO[C@H]2C1(C)C. The number of fused-ring (bicyclic) bond motifs is 1. The Balaban J connectivity index is 1.48. The highest BCUT2D eigenvalue weighted by Gasteiger charge is 2.59. The van der Waals surface area contributed by atoms with Crippen molar-refractivity contribution in [3.8, 4) is 0 Å². The Bertz CT molecular complexity index is 365. The molecule has 0 bridgehead atoms. The summed E-state index contributed by atoms with van der Waals surface area (Å²) in [4.78, 5) is 12.1. The predicted octanol–water partition coefficient (Wildman–Crippen LogP) is 2.29. The van der Waals surface area contributed by atoms with Crippen LogP contribution in [0.3, 0.4) is 0 Å². The molecular formula is C15H26N2O2. The highest BCUT2D eigenvalue weighted by atomic mass is 16.5. The summed E-state index contributed by atoms with van der Waals surface area (Å²) in [5.41, 5.74) is 0.0677. The summed E-state index contributed by atoms with van der Waals surface area (Å²) in [5.74, 6) is 1.36. The van der Waals surface area contributed by atoms with E-state index in [1.54, 1.807) is 0 Å². The van der Waals surface area contributed by atoms with E-state index < -0.39 is 0 Å². The molecule has 19 heavy (non-hydrogen) atoms. The summed E-state index contributed by atoms with van der Waals surface area (Å²) >= 11 is 0. The highest BCUT2D eigenvalue weighted by Crippen LogP contribution is 2.52. The molecule has 4 atom stereocenters. The minimum atomic E-state index is -0.00317. The maximum atomic E-state index is 12.1. The van der Waals surface area contributed by atoms with E-state index in [4.69, 9.17) is 4.74 Å². The number of rotatable bonds is 4. The van der Waals surface area contributed by atoms with Crippen LogP contribution in [0.5, 0.6) is 0 Å². The molecule has 4 heteroatoms. The molecule has 108 valence electrons. The molecule has 0 radical (unpaired) electrons. The number of amides is 2. The molecule has 3 rings (SSSR count). The lowest BCUT2D eigenvalue weighted by Crippen LogP contribution is -2.68. The van der Waals surface area contributed by atoms with Crippen molar-refractivity contribution in [1.82, 2.24) is 10.6 Å². The minimum absolute atomic E-state index is 0.00317. The van der Waals surface area contributed by atoms with E-state index in [1.807, 2.05) is 0 Å². The van der Waals surface area contributed by atoms with Crippen molar-refractivity contribution in [3.63, 3.8) is 0 Å². The largest absolute Gasteiger partial charge is 0.377 e. The van der Waals surface area contributed by atoms with Gasteiger partial charge in [-0.2, -0.15) is 0 Å². The lowest BCUT2D eigenvalue weighted by Gasteiger charge is -2.54. The van der Waals surface area contributed by atoms with E-state index >= 15 is 0 Å². The lowest BCUT2D eigenvalue weighted by atomic mass is 9.57. The summed E-state index contributed by atoms with van der Waals surface area (Å²) < 4.78 is 5.75. The molecule has 2 N–H and O–H groups in total. The molecule has 3 fully saturated rings. The zero-order valence-electron chi connectivity index (χ0n) is 12.2. The van der Waals surface area contributed by atoms with Gasteiger partial charge in [0, 0.05) is 30.0 Å². The molecule has 2 amide bonds. The minimum Gasteiger partial charge on any atom is -0.377 e. The van der Waals surface area contributed by atoms with Gasteiger partial charge in [-0.05, 0) is 25.7 Å². The third kappa shape index (κ3) is 2.47. The second-order valence-corrected chi connectivity index (χ2v) is 7.24. The molecule has 0 aromatic rings. The van der Waals surface area contributed by atoms with Gasteiger partial charge in [0.15, 0.2) is 0 Å². The number of carbonyl (C=O) groups excluding carboxylic acids is 1. The van der Waals surface area contributed by atoms with Crippen molar-refractivity contribution >= 4 is 6.03 Å². The number of nitrogens with one attached hydrogen (secondary N) is 2. The van der Waals surface area contributed by atoms with Gasteiger partial charge in [-0.3, -0.25) is 0 Å². The molecule has 3 aliphatic rings. The Kier molecular flexibility index (Phi) is 3.24. The number of carbonyl (C=O) groups is 1. The van der Waals surface area contributed by atoms with Gasteiger partial charge in [-0.1, -0.05) is 26.7 Å². The maximum Gasteiger partial charge on any atom is 0.315 e. The summed E-state index contributed by atoms with van der Waals surface area (Å²) in [7, 11) is 0. The van der Waals surface area contributed by atoms with E-state index in [0.717, 1.165) is 25.4 Å². The lowest BCUT2D eigenvalue weighted by molar-refractivity contribution is -0.108. The Morgan fingerprint density at radius 1 is 1.37 bits per heavy atom. The third-order valence-corrected chi connectivity index (χ3v) is 5.15. The van der Waals surface area contributed by atoms with Crippen LogP contribution >= 0.6 is 0 Å². The van der Waals surface area contributed by atoms with Gasteiger partial charge in [0.1, 0.15) is 0 Å². The highest BCUT2D eigenvalue weighted by molar-refractivity contribution is 5.75. The molecule has 1 heterocycles. The van der Waals surface area contributed by atoms with Crippen molar-refractivity contribution in [2.75, 3.05) is 6.61 Å². The Hall–Kier alpha value is -0.770. The average Bonchev–Trinajstić information content (AvgIpc) is 3.01. The van der Waals surface area contributed by atoms with Crippen LogP contribution in [0, 0.1) is 17.3 Å². The summed E-state index contributed by atoms with van der Waals surface area (Å²) in [6.07, 6.45) is 5.21. The first-order valence-electron chi connectivity index (χ1n) is 7.67. The van der Waals surface area contributed by atoms with Crippen molar-refractivity contribution in [3.05, 3.63) is 0 Å². The first-order valence-corrected chi connectivity index (χ1v) is 7.67. The van der Waals surface area contributed by atoms with Crippen LogP contribution in [0.15, 0.2) is 0 Å². The molecule has 0 spiro atoms. The standard InChI is InChI=1S/C15H26N2O2/c1-9(8-10-4-5-10)16-14(18)17-12-11-6-7-19-13(11)15(12,2)3/h9-13H,4-8H2,1-3H3,(H2,16,17,18)/t9-,11+,12-,13-/m1/s1. The monoisotopic (exact) mass is 266 g/mol. The molecule has 4 nitrogen and oxygen atoms in total. The van der Waals surface area contributed by atoms with Crippen LogP contribution in [0.2, 0.25) is 0 Å². The van der Waals surface area contributed by atoms with Gasteiger partial charge >= 0.3 is 6.03 Å². The molecule has 1 aliphatic heterocycles. The summed E-state index contributed by atoms with van der Waals surface area (Å²) in [6.45, 7) is 7.33. The van der Waals surface area contributed by atoms with Crippen molar-refractivity contribution in [2.45, 2.75) is 64.6 Å². The predicted molar refractivity (Wildman–Crippen MR) is 73.9 cm³/mol. The van der Waals surface area contributed by atoms with Crippen molar-refractivity contribution in [2.24, 2.45) is 17.3 Å². The second-order valence-electron chi connectivity index (χ2n) is 7.24. The fourth-order valence-electron chi connectivity index (χ4n) is 3.94. The Morgan fingerprint density at radius 2 is 2.11 bits per heavy atom. The smallest absolute Gasteiger partial charge is 0.315 e. The molecule has 0 unspecified atom stereocenters. The molecule has 2 saturated carbocycles. The number of hydrogen-bond acceptors (Lipinski definition) is 2. The van der Waals surface area contributed by atoms with Crippen LogP contribution < -0.4 is 10.6 Å². The van der Waals surface area contributed by atoms with Crippen molar-refractivity contribution < 1.29 is 9.53 Å². The number of urea groups is 1. The number of hydrogen-bond donors (Lipinski definition) is 2. The zero-order valence-corrected chi connectivity index (χ0v) is 12.2. The van der Waals surface area contributed by atoms with Gasteiger partial charge in [-0.15, -0.1) is 0 Å². The van der Waals surface area contributed by atoms with E-state index in [0.29, 0.717) is 12.0 Å². The maximum absolute atomic E-state index is 12.1. The van der Waals surface area contributed by atoms with E-state index in [1.165, 1.54) is 12.8 Å². The number of ether oxygens (including phenoxy) is 1. The quantitative estimate of drug-likeness (QED) is 0.820. The van der Waals surface area contributed by atoms with Gasteiger partial charge in [0.05, 0.1) is 6.10 Å².